The van der Waals surface area contributed by atoms with Gasteiger partial charge in [-0.15, -0.1) is 0 Å². The molecule has 5 nitrogen and oxygen atoms in total. The van der Waals surface area contributed by atoms with Crippen LogP contribution in [0.25, 0.3) is 0 Å². The zero-order valence-corrected chi connectivity index (χ0v) is 14.3. The average Bonchev–Trinajstić information content (AvgIpc) is 2.45. The summed E-state index contributed by atoms with van der Waals surface area (Å²) in [6, 6.07) is 4.91. The third-order valence-corrected chi connectivity index (χ3v) is 3.51. The summed E-state index contributed by atoms with van der Waals surface area (Å²) >= 11 is 12.7. The number of hydrogen-bond donors (Lipinski definition) is 0. The quantitative estimate of drug-likeness (QED) is 0.382. The summed E-state index contributed by atoms with van der Waals surface area (Å²) in [4.78, 5) is 22.4. The normalized spacial score (nSPS) is 10.1. The molecule has 0 N–H and O–H groups in total. The number of halogens is 2. The molecule has 0 bridgehead atoms. The second kappa shape index (κ2) is 10.6. The van der Waals surface area contributed by atoms with Crippen molar-refractivity contribution in [2.75, 3.05) is 19.2 Å². The van der Waals surface area contributed by atoms with Crippen LogP contribution in [-0.2, 0) is 14.3 Å². The number of carbonyl (C=O) groups is 2. The van der Waals surface area contributed by atoms with Crippen LogP contribution in [0.15, 0.2) is 18.2 Å². The van der Waals surface area contributed by atoms with E-state index in [2.05, 4.69) is 4.74 Å². The Balaban J connectivity index is 2.13. The van der Waals surface area contributed by atoms with Crippen LogP contribution in [-0.4, -0.2) is 30.4 Å². The number of ether oxygens (including phenoxy) is 3. The van der Waals surface area contributed by atoms with Gasteiger partial charge in [0, 0.05) is 17.2 Å². The summed E-state index contributed by atoms with van der Waals surface area (Å²) in [5.74, 6) is 0.655. The maximum atomic E-state index is 11.4. The maximum absolute atomic E-state index is 11.4. The molecule has 0 amide bonds. The van der Waals surface area contributed by atoms with E-state index >= 15 is 0 Å². The van der Waals surface area contributed by atoms with Gasteiger partial charge < -0.3 is 14.2 Å². The molecule has 0 aliphatic rings. The third-order valence-electron chi connectivity index (χ3n) is 2.34. The van der Waals surface area contributed by atoms with E-state index in [9.17, 15) is 9.59 Å². The van der Waals surface area contributed by atoms with Crippen molar-refractivity contribution in [1.82, 2.24) is 0 Å². The number of benzene rings is 1. The van der Waals surface area contributed by atoms with Crippen molar-refractivity contribution in [3.05, 3.63) is 28.2 Å². The van der Waals surface area contributed by atoms with Gasteiger partial charge in [-0.05, 0) is 36.4 Å². The number of carbonyl (C=O) groups excluding carboxylic acids is 2. The van der Waals surface area contributed by atoms with E-state index in [0.717, 1.165) is 11.8 Å². The highest BCUT2D eigenvalue weighted by Gasteiger charge is 2.07. The van der Waals surface area contributed by atoms with Gasteiger partial charge in [0.15, 0.2) is 0 Å². The standard InChI is InChI=1S/C14H16Cl2O5S/c1-2-22-14(18)21-9-20-13(17)4-3-7-19-12-6-5-10(15)8-11(12)16/h5-6,8H,2-4,7,9H2,1H3. The molecule has 0 fully saturated rings. The summed E-state index contributed by atoms with van der Waals surface area (Å²) in [5, 5.41) is 0.475. The lowest BCUT2D eigenvalue weighted by molar-refractivity contribution is -0.151. The Labute approximate surface area is 143 Å². The highest BCUT2D eigenvalue weighted by molar-refractivity contribution is 8.13. The molecule has 1 aromatic carbocycles. The van der Waals surface area contributed by atoms with Crippen molar-refractivity contribution < 1.29 is 23.8 Å². The van der Waals surface area contributed by atoms with Gasteiger partial charge in [0.1, 0.15) is 5.75 Å². The van der Waals surface area contributed by atoms with Gasteiger partial charge in [0.05, 0.1) is 11.6 Å². The lowest BCUT2D eigenvalue weighted by Crippen LogP contribution is -2.11. The van der Waals surface area contributed by atoms with Gasteiger partial charge >= 0.3 is 11.3 Å². The molecule has 0 aliphatic carbocycles. The van der Waals surface area contributed by atoms with Crippen LogP contribution in [0.1, 0.15) is 19.8 Å². The molecule has 0 saturated heterocycles. The first-order valence-electron chi connectivity index (χ1n) is 6.56. The van der Waals surface area contributed by atoms with Gasteiger partial charge in [0.25, 0.3) is 0 Å². The van der Waals surface area contributed by atoms with Crippen molar-refractivity contribution in [2.24, 2.45) is 0 Å². The highest BCUT2D eigenvalue weighted by atomic mass is 35.5. The SMILES string of the molecule is CCSC(=O)OCOC(=O)CCCOc1ccc(Cl)cc1Cl. The summed E-state index contributed by atoms with van der Waals surface area (Å²) in [7, 11) is 0. The fourth-order valence-electron chi connectivity index (χ4n) is 1.37. The number of esters is 1. The zero-order chi connectivity index (χ0) is 16.4. The Kier molecular flexibility index (Phi) is 9.11. The second-order valence-corrected chi connectivity index (χ2v) is 6.03. The maximum Gasteiger partial charge on any atom is 0.370 e. The van der Waals surface area contributed by atoms with Crippen LogP contribution in [0.4, 0.5) is 4.79 Å². The van der Waals surface area contributed by atoms with Gasteiger partial charge in [0.2, 0.25) is 6.79 Å². The topological polar surface area (TPSA) is 61.8 Å². The Morgan fingerprint density at radius 3 is 2.68 bits per heavy atom. The van der Waals surface area contributed by atoms with Gasteiger partial charge in [-0.25, -0.2) is 4.79 Å². The molecule has 0 radical (unpaired) electrons. The molecule has 0 heterocycles. The number of rotatable bonds is 8. The molecule has 0 unspecified atom stereocenters. The minimum atomic E-state index is -0.462. The van der Waals surface area contributed by atoms with E-state index in [4.69, 9.17) is 32.7 Å². The van der Waals surface area contributed by atoms with Crippen LogP contribution in [0.3, 0.4) is 0 Å². The van der Waals surface area contributed by atoms with Gasteiger partial charge in [-0.3, -0.25) is 4.79 Å². The van der Waals surface area contributed by atoms with Crippen LogP contribution in [0.2, 0.25) is 10.0 Å². The lowest BCUT2D eigenvalue weighted by atomic mass is 10.3. The van der Waals surface area contributed by atoms with Crippen LogP contribution >= 0.6 is 35.0 Å². The average molecular weight is 367 g/mol. The number of hydrogen-bond acceptors (Lipinski definition) is 6. The minimum Gasteiger partial charge on any atom is -0.492 e. The van der Waals surface area contributed by atoms with Crippen molar-refractivity contribution in [3.63, 3.8) is 0 Å². The van der Waals surface area contributed by atoms with E-state index in [1.54, 1.807) is 18.2 Å². The second-order valence-electron chi connectivity index (χ2n) is 3.99. The van der Waals surface area contributed by atoms with Gasteiger partial charge in [-0.2, -0.15) is 0 Å². The summed E-state index contributed by atoms with van der Waals surface area (Å²) < 4.78 is 14.9. The predicted molar refractivity (Wildman–Crippen MR) is 86.8 cm³/mol. The first-order chi connectivity index (χ1) is 10.5. The molecule has 22 heavy (non-hydrogen) atoms. The first-order valence-corrected chi connectivity index (χ1v) is 8.30. The molecule has 8 heteroatoms. The van der Waals surface area contributed by atoms with E-state index in [-0.39, 0.29) is 13.2 Å². The van der Waals surface area contributed by atoms with Crippen molar-refractivity contribution in [2.45, 2.75) is 19.8 Å². The molecular weight excluding hydrogens is 351 g/mol. The zero-order valence-electron chi connectivity index (χ0n) is 12.0. The Bertz CT molecular complexity index is 510. The summed E-state index contributed by atoms with van der Waals surface area (Å²) in [6.45, 7) is 1.77. The van der Waals surface area contributed by atoms with Crippen molar-refractivity contribution in [1.29, 1.82) is 0 Å². The summed E-state index contributed by atoms with van der Waals surface area (Å²) in [5.41, 5.74) is 0. The molecule has 122 valence electrons. The largest absolute Gasteiger partial charge is 0.492 e. The van der Waals surface area contributed by atoms with Gasteiger partial charge in [-0.1, -0.05) is 30.1 Å². The molecule has 0 aromatic heterocycles. The van der Waals surface area contributed by atoms with E-state index < -0.39 is 11.3 Å². The fraction of sp³-hybridized carbons (Fsp3) is 0.429. The van der Waals surface area contributed by atoms with Crippen LogP contribution in [0, 0.1) is 0 Å². The highest BCUT2D eigenvalue weighted by Crippen LogP contribution is 2.27. The predicted octanol–water partition coefficient (Wildman–Crippen LogP) is 4.54. The Hall–Kier alpha value is -1.11. The van der Waals surface area contributed by atoms with E-state index in [1.165, 1.54) is 0 Å². The molecular formula is C14H16Cl2O5S. The first kappa shape index (κ1) is 18.9. The monoisotopic (exact) mass is 366 g/mol. The van der Waals surface area contributed by atoms with E-state index in [0.29, 0.717) is 34.6 Å². The molecule has 0 spiro atoms. The van der Waals surface area contributed by atoms with Crippen LogP contribution < -0.4 is 4.74 Å². The van der Waals surface area contributed by atoms with Crippen molar-refractivity contribution in [3.8, 4) is 5.75 Å². The number of thioether (sulfide) groups is 1. The van der Waals surface area contributed by atoms with E-state index in [1.807, 2.05) is 6.92 Å². The summed E-state index contributed by atoms with van der Waals surface area (Å²) in [6.07, 6.45) is 0.610. The molecule has 1 rings (SSSR count). The lowest BCUT2D eigenvalue weighted by Gasteiger charge is -2.08. The molecule has 0 aliphatic heterocycles. The Morgan fingerprint density at radius 2 is 2.00 bits per heavy atom. The smallest absolute Gasteiger partial charge is 0.370 e. The Morgan fingerprint density at radius 1 is 1.23 bits per heavy atom. The van der Waals surface area contributed by atoms with Crippen molar-refractivity contribution >= 4 is 46.2 Å². The fourth-order valence-corrected chi connectivity index (χ4v) is 2.20. The third kappa shape index (κ3) is 7.77. The van der Waals surface area contributed by atoms with Crippen LogP contribution in [0.5, 0.6) is 5.75 Å². The molecule has 1 aromatic rings. The molecule has 0 saturated carbocycles. The minimum absolute atomic E-state index is 0.156. The molecule has 0 atom stereocenters.